The first-order valence-electron chi connectivity index (χ1n) is 14.9. The van der Waals surface area contributed by atoms with Crippen molar-refractivity contribution in [2.45, 2.75) is 49.2 Å². The summed E-state index contributed by atoms with van der Waals surface area (Å²) in [6, 6.07) is 22.7. The summed E-state index contributed by atoms with van der Waals surface area (Å²) < 4.78 is 80.1. The minimum atomic E-state index is -4.96. The molecular formula is C36H34O10S2. The van der Waals surface area contributed by atoms with Crippen molar-refractivity contribution in [3.8, 4) is 11.5 Å². The van der Waals surface area contributed by atoms with E-state index in [1.807, 2.05) is 18.2 Å². The van der Waals surface area contributed by atoms with Crippen molar-refractivity contribution in [2.24, 2.45) is 0 Å². The molecule has 4 aromatic carbocycles. The fourth-order valence-electron chi connectivity index (χ4n) is 4.48. The lowest BCUT2D eigenvalue weighted by atomic mass is 10.0. The van der Waals surface area contributed by atoms with Crippen LogP contribution in [0.2, 0.25) is 0 Å². The summed E-state index contributed by atoms with van der Waals surface area (Å²) in [7, 11) is -9.91. The number of carbonyl (C=O) groups is 2. The van der Waals surface area contributed by atoms with Crippen LogP contribution in [0.15, 0.2) is 125 Å². The first-order valence-corrected chi connectivity index (χ1v) is 17.8. The van der Waals surface area contributed by atoms with E-state index in [-0.39, 0.29) is 31.2 Å². The monoisotopic (exact) mass is 690 g/mol. The molecule has 250 valence electrons. The van der Waals surface area contributed by atoms with Crippen LogP contribution in [0, 0.1) is 0 Å². The molecule has 0 aliphatic rings. The van der Waals surface area contributed by atoms with Gasteiger partial charge >= 0.3 is 0 Å². The van der Waals surface area contributed by atoms with E-state index in [9.17, 15) is 35.5 Å². The minimum absolute atomic E-state index is 0.110. The standard InChI is InChI=1S/C36H34O10S2/c1-2-3-4-5-6-10-13-31(37)28-18-14-26(15-19-28)24-45-32-22-35(48(42,43)44)33(23-34(32)47(39,40)41)46-25-27-16-20-30(21-17-27)36(38)29-11-8-7-9-12-29/h4-12,14-23H,2-3,13,24-25H2,1H3,(H,39,40,41)(H,42,43,44)/b5-4-,10-6-. The molecule has 0 radical (unpaired) electrons. The van der Waals surface area contributed by atoms with E-state index in [1.54, 1.807) is 84.9 Å². The Morgan fingerprint density at radius 3 is 1.58 bits per heavy atom. The van der Waals surface area contributed by atoms with Gasteiger partial charge in [-0.1, -0.05) is 117 Å². The van der Waals surface area contributed by atoms with Crippen LogP contribution in [0.1, 0.15) is 63.6 Å². The van der Waals surface area contributed by atoms with Gasteiger partial charge in [-0.3, -0.25) is 18.7 Å². The van der Waals surface area contributed by atoms with Crippen LogP contribution in [-0.4, -0.2) is 37.5 Å². The van der Waals surface area contributed by atoms with Crippen LogP contribution in [0.3, 0.4) is 0 Å². The Morgan fingerprint density at radius 1 is 0.646 bits per heavy atom. The number of hydrogen-bond donors (Lipinski definition) is 2. The third-order valence-electron chi connectivity index (χ3n) is 7.02. The van der Waals surface area contributed by atoms with Gasteiger partial charge in [0.1, 0.15) is 34.5 Å². The second kappa shape index (κ2) is 16.3. The van der Waals surface area contributed by atoms with Crippen LogP contribution >= 0.6 is 0 Å². The van der Waals surface area contributed by atoms with E-state index < -0.39 is 41.5 Å². The molecule has 0 saturated carbocycles. The zero-order valence-electron chi connectivity index (χ0n) is 26.0. The molecule has 0 saturated heterocycles. The Kier molecular flexibility index (Phi) is 12.2. The molecule has 0 amide bonds. The molecule has 4 rings (SSSR count). The quantitative estimate of drug-likeness (QED) is 0.0708. The summed E-state index contributed by atoms with van der Waals surface area (Å²) in [4.78, 5) is 23.6. The molecule has 0 aliphatic heterocycles. The molecule has 0 aliphatic carbocycles. The van der Waals surface area contributed by atoms with Crippen molar-refractivity contribution in [2.75, 3.05) is 0 Å². The highest BCUT2D eigenvalue weighted by molar-refractivity contribution is 7.86. The molecule has 4 aromatic rings. The molecule has 0 atom stereocenters. The van der Waals surface area contributed by atoms with Gasteiger partial charge < -0.3 is 9.47 Å². The Bertz CT molecular complexity index is 2020. The number of carbonyl (C=O) groups excluding carboxylic acids is 2. The number of unbranched alkanes of at least 4 members (excludes halogenated alkanes) is 1. The molecule has 0 fully saturated rings. The molecular weight excluding hydrogens is 657 g/mol. The number of rotatable bonds is 16. The largest absolute Gasteiger partial charge is 0.487 e. The van der Waals surface area contributed by atoms with Gasteiger partial charge in [0.2, 0.25) is 0 Å². The Hall–Kier alpha value is -4.88. The van der Waals surface area contributed by atoms with Crippen LogP contribution in [-0.2, 0) is 33.5 Å². The van der Waals surface area contributed by atoms with Crippen molar-refractivity contribution < 1.29 is 45.0 Å². The first-order chi connectivity index (χ1) is 22.9. The maximum absolute atomic E-state index is 12.7. The highest BCUT2D eigenvalue weighted by Gasteiger charge is 2.26. The van der Waals surface area contributed by atoms with Crippen LogP contribution in [0.4, 0.5) is 0 Å². The maximum Gasteiger partial charge on any atom is 0.298 e. The normalized spacial score (nSPS) is 12.0. The molecule has 48 heavy (non-hydrogen) atoms. The average Bonchev–Trinajstić information content (AvgIpc) is 3.07. The third-order valence-corrected chi connectivity index (χ3v) is 8.77. The molecule has 0 unspecified atom stereocenters. The van der Waals surface area contributed by atoms with Gasteiger partial charge in [0.15, 0.2) is 11.6 Å². The van der Waals surface area contributed by atoms with Gasteiger partial charge in [0, 0.05) is 35.2 Å². The zero-order chi connectivity index (χ0) is 34.7. The van der Waals surface area contributed by atoms with Crippen LogP contribution in [0.25, 0.3) is 0 Å². The Labute approximate surface area is 279 Å². The van der Waals surface area contributed by atoms with E-state index in [4.69, 9.17) is 9.47 Å². The molecule has 0 aromatic heterocycles. The maximum atomic E-state index is 12.7. The highest BCUT2D eigenvalue weighted by Crippen LogP contribution is 2.36. The fourth-order valence-corrected chi connectivity index (χ4v) is 5.74. The van der Waals surface area contributed by atoms with Crippen molar-refractivity contribution in [1.82, 2.24) is 0 Å². The summed E-state index contributed by atoms with van der Waals surface area (Å²) in [5, 5.41) is 0. The summed E-state index contributed by atoms with van der Waals surface area (Å²) in [5.74, 6) is -1.42. The highest BCUT2D eigenvalue weighted by atomic mass is 32.2. The van der Waals surface area contributed by atoms with Crippen molar-refractivity contribution in [1.29, 1.82) is 0 Å². The lowest BCUT2D eigenvalue weighted by Gasteiger charge is -2.16. The van der Waals surface area contributed by atoms with Crippen molar-refractivity contribution in [3.63, 3.8) is 0 Å². The number of hydrogen-bond acceptors (Lipinski definition) is 8. The van der Waals surface area contributed by atoms with Gasteiger partial charge in [-0.15, -0.1) is 0 Å². The van der Waals surface area contributed by atoms with E-state index in [0.29, 0.717) is 27.8 Å². The topological polar surface area (TPSA) is 161 Å². The van der Waals surface area contributed by atoms with Gasteiger partial charge in [-0.25, -0.2) is 0 Å². The first kappa shape index (κ1) is 36.0. The molecule has 0 bridgehead atoms. The number of allylic oxidation sites excluding steroid dienone is 4. The summed E-state index contributed by atoms with van der Waals surface area (Å²) >= 11 is 0. The lowest BCUT2D eigenvalue weighted by Crippen LogP contribution is -2.10. The third kappa shape index (κ3) is 10.1. The van der Waals surface area contributed by atoms with Gasteiger partial charge in [0.05, 0.1) is 0 Å². The van der Waals surface area contributed by atoms with E-state index in [1.165, 1.54) is 0 Å². The summed E-state index contributed by atoms with van der Waals surface area (Å²) in [5.41, 5.74) is 2.36. The second-order valence-corrected chi connectivity index (χ2v) is 13.4. The molecule has 10 nitrogen and oxygen atoms in total. The second-order valence-electron chi connectivity index (χ2n) is 10.6. The SMILES string of the molecule is CCC/C=C\C=C/CC(=O)c1ccc(COc2cc(S(=O)(=O)O)c(OCc3ccc(C(=O)c4ccccc4)cc3)cc2S(=O)(=O)O)cc1. The average molecular weight is 691 g/mol. The van der Waals surface area contributed by atoms with Crippen molar-refractivity contribution in [3.05, 3.63) is 143 Å². The molecule has 2 N–H and O–H groups in total. The number of ether oxygens (including phenoxy) is 2. The lowest BCUT2D eigenvalue weighted by molar-refractivity contribution is 0.0994. The summed E-state index contributed by atoms with van der Waals surface area (Å²) in [6.45, 7) is 1.53. The van der Waals surface area contributed by atoms with E-state index in [2.05, 4.69) is 6.92 Å². The summed E-state index contributed by atoms with van der Waals surface area (Å²) in [6.07, 6.45) is 9.67. The van der Waals surface area contributed by atoms with Gasteiger partial charge in [-0.05, 0) is 17.5 Å². The van der Waals surface area contributed by atoms with E-state index >= 15 is 0 Å². The number of benzene rings is 4. The molecule has 12 heteroatoms. The molecule has 0 spiro atoms. The van der Waals surface area contributed by atoms with Crippen LogP contribution in [0.5, 0.6) is 11.5 Å². The Morgan fingerprint density at radius 2 is 1.10 bits per heavy atom. The van der Waals surface area contributed by atoms with Gasteiger partial charge in [0.25, 0.3) is 20.2 Å². The van der Waals surface area contributed by atoms with Gasteiger partial charge in [-0.2, -0.15) is 16.8 Å². The fraction of sp³-hybridized carbons (Fsp3) is 0.167. The smallest absolute Gasteiger partial charge is 0.298 e. The minimum Gasteiger partial charge on any atom is -0.487 e. The predicted molar refractivity (Wildman–Crippen MR) is 180 cm³/mol. The number of Topliss-reactive ketones (excluding diaryl/α,β-unsaturated/α-hetero) is 1. The predicted octanol–water partition coefficient (Wildman–Crippen LogP) is 7.05. The number of ketones is 2. The van der Waals surface area contributed by atoms with Crippen molar-refractivity contribution >= 4 is 31.8 Å². The molecule has 0 heterocycles. The van der Waals surface area contributed by atoms with Crippen LogP contribution < -0.4 is 9.47 Å². The zero-order valence-corrected chi connectivity index (χ0v) is 27.6. The Balaban J connectivity index is 1.49. The van der Waals surface area contributed by atoms with E-state index in [0.717, 1.165) is 25.0 Å².